The van der Waals surface area contributed by atoms with Crippen LogP contribution in [-0.2, 0) is 11.2 Å². The van der Waals surface area contributed by atoms with E-state index in [0.717, 1.165) is 11.1 Å². The van der Waals surface area contributed by atoms with Crippen LogP contribution >= 0.6 is 11.6 Å². The quantitative estimate of drug-likeness (QED) is 0.701. The molecule has 24 heavy (non-hydrogen) atoms. The van der Waals surface area contributed by atoms with Crippen molar-refractivity contribution in [2.45, 2.75) is 20.3 Å². The second-order valence-electron chi connectivity index (χ2n) is 5.47. The summed E-state index contributed by atoms with van der Waals surface area (Å²) in [6, 6.07) is 9.11. The first-order valence-corrected chi connectivity index (χ1v) is 7.69. The molecule has 0 unspecified atom stereocenters. The number of imidazole rings is 1. The molecule has 1 N–H and O–H groups in total. The Balaban J connectivity index is 2.12. The number of aryl methyl sites for hydroxylation is 1. The molecular weight excluding hydrogens is 328 g/mol. The fourth-order valence-corrected chi connectivity index (χ4v) is 2.53. The van der Waals surface area contributed by atoms with Crippen LogP contribution in [0, 0.1) is 13.8 Å². The normalized spacial score (nSPS) is 11.5. The highest BCUT2D eigenvalue weighted by Crippen LogP contribution is 2.29. The predicted molar refractivity (Wildman–Crippen MR) is 91.6 cm³/mol. The molecule has 0 saturated heterocycles. The molecule has 0 aliphatic carbocycles. The van der Waals surface area contributed by atoms with E-state index in [-0.39, 0.29) is 6.42 Å². The lowest BCUT2D eigenvalue weighted by Crippen LogP contribution is -2.00. The molecule has 2 aromatic heterocycles. The number of hydrogen-bond donors (Lipinski definition) is 1. The Morgan fingerprint density at radius 3 is 2.79 bits per heavy atom. The van der Waals surface area contributed by atoms with Crippen molar-refractivity contribution in [2.75, 3.05) is 0 Å². The maximum Gasteiger partial charge on any atom is 0.309 e. The molecule has 0 atom stereocenters. The van der Waals surface area contributed by atoms with Gasteiger partial charge >= 0.3 is 5.97 Å². The first-order chi connectivity index (χ1) is 11.5. The van der Waals surface area contributed by atoms with Crippen molar-refractivity contribution >= 4 is 34.7 Å². The van der Waals surface area contributed by atoms with Crippen LogP contribution in [0.15, 0.2) is 46.8 Å². The summed E-state index contributed by atoms with van der Waals surface area (Å²) in [5, 5.41) is 18.2. The number of nitrogens with zero attached hydrogens (tertiary/aromatic N) is 4. The van der Waals surface area contributed by atoms with Crippen LogP contribution in [0.4, 0.5) is 11.5 Å². The second kappa shape index (κ2) is 6.41. The number of halogens is 1. The number of aliphatic carboxylic acids is 1. The van der Waals surface area contributed by atoms with Gasteiger partial charge in [-0.2, -0.15) is 0 Å². The van der Waals surface area contributed by atoms with Gasteiger partial charge in [0.15, 0.2) is 5.82 Å². The van der Waals surface area contributed by atoms with Crippen LogP contribution in [0.5, 0.6) is 0 Å². The van der Waals surface area contributed by atoms with Crippen LogP contribution in [0.2, 0.25) is 5.02 Å². The highest BCUT2D eigenvalue weighted by atomic mass is 35.5. The number of carboxylic acids is 1. The summed E-state index contributed by atoms with van der Waals surface area (Å²) in [6.45, 7) is 3.80. The zero-order chi connectivity index (χ0) is 17.3. The van der Waals surface area contributed by atoms with Gasteiger partial charge in [0.25, 0.3) is 0 Å². The van der Waals surface area contributed by atoms with Crippen molar-refractivity contribution < 1.29 is 9.90 Å². The van der Waals surface area contributed by atoms with E-state index in [4.69, 9.17) is 16.7 Å². The van der Waals surface area contributed by atoms with Crippen LogP contribution in [0.3, 0.4) is 0 Å². The van der Waals surface area contributed by atoms with Gasteiger partial charge in [0, 0.05) is 11.2 Å². The molecular formula is C17H15ClN4O2. The zero-order valence-corrected chi connectivity index (χ0v) is 13.9. The van der Waals surface area contributed by atoms with E-state index in [9.17, 15) is 4.79 Å². The minimum absolute atomic E-state index is 0.219. The SMILES string of the molecule is Cc1ccc2nc(CC(=O)O)c(N=Nc3cccc(Cl)c3C)n2c1. The van der Waals surface area contributed by atoms with Gasteiger partial charge in [0.2, 0.25) is 0 Å². The summed E-state index contributed by atoms with van der Waals surface area (Å²) < 4.78 is 1.75. The largest absolute Gasteiger partial charge is 0.481 e. The first kappa shape index (κ1) is 16.1. The predicted octanol–water partition coefficient (Wildman–Crippen LogP) is 4.65. The maximum absolute atomic E-state index is 11.1. The fraction of sp³-hybridized carbons (Fsp3) is 0.176. The van der Waals surface area contributed by atoms with E-state index in [1.807, 2.05) is 32.2 Å². The lowest BCUT2D eigenvalue weighted by Gasteiger charge is -2.02. The Bertz CT molecular complexity index is 963. The summed E-state index contributed by atoms with van der Waals surface area (Å²) in [7, 11) is 0. The third kappa shape index (κ3) is 3.14. The number of benzene rings is 1. The van der Waals surface area contributed by atoms with E-state index < -0.39 is 5.97 Å². The summed E-state index contributed by atoms with van der Waals surface area (Å²) in [4.78, 5) is 15.4. The molecule has 0 aliphatic rings. The maximum atomic E-state index is 11.1. The molecule has 0 radical (unpaired) electrons. The minimum Gasteiger partial charge on any atom is -0.481 e. The van der Waals surface area contributed by atoms with Crippen LogP contribution < -0.4 is 0 Å². The van der Waals surface area contributed by atoms with E-state index >= 15 is 0 Å². The van der Waals surface area contributed by atoms with Gasteiger partial charge in [0.1, 0.15) is 5.65 Å². The standard InChI is InChI=1S/C17H15ClN4O2/c1-10-6-7-15-19-14(8-16(23)24)17(22(15)9-10)21-20-13-5-3-4-12(18)11(13)2/h3-7,9H,8H2,1-2H3,(H,23,24). The van der Waals surface area contributed by atoms with E-state index in [1.165, 1.54) is 0 Å². The monoisotopic (exact) mass is 342 g/mol. The van der Waals surface area contributed by atoms with Crippen molar-refractivity contribution in [2.24, 2.45) is 10.2 Å². The fourth-order valence-electron chi connectivity index (χ4n) is 2.36. The van der Waals surface area contributed by atoms with Crippen molar-refractivity contribution in [3.8, 4) is 0 Å². The van der Waals surface area contributed by atoms with Gasteiger partial charge in [-0.05, 0) is 43.2 Å². The Labute approximate surface area is 143 Å². The summed E-state index contributed by atoms with van der Waals surface area (Å²) in [5.74, 6) is -0.555. The average molecular weight is 343 g/mol. The Morgan fingerprint density at radius 1 is 1.25 bits per heavy atom. The highest BCUT2D eigenvalue weighted by Gasteiger charge is 2.15. The summed E-state index contributed by atoms with van der Waals surface area (Å²) in [6.07, 6.45) is 1.64. The topological polar surface area (TPSA) is 79.3 Å². The lowest BCUT2D eigenvalue weighted by atomic mass is 10.2. The van der Waals surface area contributed by atoms with Gasteiger partial charge in [-0.1, -0.05) is 23.7 Å². The van der Waals surface area contributed by atoms with Crippen molar-refractivity contribution in [3.63, 3.8) is 0 Å². The Hall–Kier alpha value is -2.73. The molecule has 6 nitrogen and oxygen atoms in total. The van der Waals surface area contributed by atoms with Crippen molar-refractivity contribution in [1.82, 2.24) is 9.38 Å². The minimum atomic E-state index is -0.967. The lowest BCUT2D eigenvalue weighted by molar-refractivity contribution is -0.136. The molecule has 1 aromatic carbocycles. The van der Waals surface area contributed by atoms with Gasteiger partial charge in [0.05, 0.1) is 17.8 Å². The molecule has 0 saturated carbocycles. The number of carboxylic acid groups (broad SMARTS) is 1. The number of pyridine rings is 1. The third-order valence-electron chi connectivity index (χ3n) is 3.62. The number of azo groups is 1. The number of fused-ring (bicyclic) bond motifs is 1. The van der Waals surface area contributed by atoms with Crippen LogP contribution in [0.25, 0.3) is 5.65 Å². The van der Waals surface area contributed by atoms with E-state index in [2.05, 4.69) is 15.2 Å². The Morgan fingerprint density at radius 2 is 2.04 bits per heavy atom. The third-order valence-corrected chi connectivity index (χ3v) is 4.03. The van der Waals surface area contributed by atoms with Gasteiger partial charge in [-0.25, -0.2) is 4.98 Å². The summed E-state index contributed by atoms with van der Waals surface area (Å²) in [5.41, 5.74) is 3.46. The van der Waals surface area contributed by atoms with Crippen molar-refractivity contribution in [3.05, 3.63) is 58.4 Å². The van der Waals surface area contributed by atoms with Crippen LogP contribution in [-0.4, -0.2) is 20.5 Å². The number of carbonyl (C=O) groups is 1. The molecule has 0 spiro atoms. The van der Waals surface area contributed by atoms with Gasteiger partial charge < -0.3 is 5.11 Å². The molecule has 3 rings (SSSR count). The van der Waals surface area contributed by atoms with Gasteiger partial charge in [-0.3, -0.25) is 9.20 Å². The molecule has 0 fully saturated rings. The molecule has 7 heteroatoms. The second-order valence-corrected chi connectivity index (χ2v) is 5.88. The zero-order valence-electron chi connectivity index (χ0n) is 13.2. The van der Waals surface area contributed by atoms with Crippen LogP contribution in [0.1, 0.15) is 16.8 Å². The average Bonchev–Trinajstić information content (AvgIpc) is 2.85. The highest BCUT2D eigenvalue weighted by molar-refractivity contribution is 6.31. The molecule has 122 valence electrons. The number of aromatic nitrogens is 2. The molecule has 0 bridgehead atoms. The summed E-state index contributed by atoms with van der Waals surface area (Å²) >= 11 is 6.09. The first-order valence-electron chi connectivity index (χ1n) is 7.32. The molecule has 3 aromatic rings. The molecule has 0 amide bonds. The van der Waals surface area contributed by atoms with E-state index in [0.29, 0.717) is 27.9 Å². The molecule has 0 aliphatic heterocycles. The number of hydrogen-bond acceptors (Lipinski definition) is 4. The molecule has 2 heterocycles. The Kier molecular flexibility index (Phi) is 4.31. The number of rotatable bonds is 4. The van der Waals surface area contributed by atoms with Gasteiger partial charge in [-0.15, -0.1) is 10.2 Å². The van der Waals surface area contributed by atoms with E-state index in [1.54, 1.807) is 22.6 Å². The van der Waals surface area contributed by atoms with Crippen molar-refractivity contribution in [1.29, 1.82) is 0 Å². The smallest absolute Gasteiger partial charge is 0.309 e.